The van der Waals surface area contributed by atoms with E-state index in [1.807, 2.05) is 0 Å². The van der Waals surface area contributed by atoms with Gasteiger partial charge in [0.05, 0.1) is 16.2 Å². The van der Waals surface area contributed by atoms with Gasteiger partial charge in [-0.3, -0.25) is 9.48 Å². The van der Waals surface area contributed by atoms with Crippen molar-refractivity contribution < 1.29 is 13.9 Å². The van der Waals surface area contributed by atoms with Crippen molar-refractivity contribution in [3.8, 4) is 5.75 Å². The Hall–Kier alpha value is -2.15. The first kappa shape index (κ1) is 19.6. The number of nitrogens with one attached hydrogen (secondary N) is 1. The van der Waals surface area contributed by atoms with Gasteiger partial charge in [0.1, 0.15) is 23.1 Å². The molecule has 0 saturated heterocycles. The predicted octanol–water partition coefficient (Wildman–Crippen LogP) is 4.84. The highest BCUT2D eigenvalue weighted by Gasteiger charge is 2.12. The fourth-order valence-electron chi connectivity index (χ4n) is 2.31. The van der Waals surface area contributed by atoms with Gasteiger partial charge in [0.2, 0.25) is 0 Å². The molecule has 0 radical (unpaired) electrons. The molecule has 0 fully saturated rings. The van der Waals surface area contributed by atoms with E-state index in [0.717, 1.165) is 0 Å². The number of rotatable bonds is 8. The number of ether oxygens (including phenoxy) is 1. The minimum atomic E-state index is -0.291. The molecule has 0 aliphatic heterocycles. The van der Waals surface area contributed by atoms with Crippen molar-refractivity contribution in [3.63, 3.8) is 0 Å². The molecule has 2 heterocycles. The van der Waals surface area contributed by atoms with Gasteiger partial charge in [0, 0.05) is 19.3 Å². The van der Waals surface area contributed by atoms with E-state index in [-0.39, 0.29) is 18.3 Å². The number of furan rings is 1. The van der Waals surface area contributed by atoms with Crippen LogP contribution in [0.2, 0.25) is 15.1 Å². The topological polar surface area (TPSA) is 69.3 Å². The second-order valence-corrected chi connectivity index (χ2v) is 6.86. The van der Waals surface area contributed by atoms with Crippen LogP contribution in [0, 0.1) is 0 Å². The number of carbonyl (C=O) groups is 1. The van der Waals surface area contributed by atoms with Crippen LogP contribution >= 0.6 is 34.8 Å². The van der Waals surface area contributed by atoms with E-state index in [1.165, 1.54) is 0 Å². The Morgan fingerprint density at radius 1 is 1.22 bits per heavy atom. The average molecular weight is 429 g/mol. The Morgan fingerprint density at radius 2 is 2.07 bits per heavy atom. The molecule has 3 rings (SSSR count). The van der Waals surface area contributed by atoms with E-state index in [1.54, 1.807) is 47.4 Å². The molecular formula is C18H16Cl3N3O3. The van der Waals surface area contributed by atoms with Gasteiger partial charge in [-0.1, -0.05) is 40.9 Å². The lowest BCUT2D eigenvalue weighted by Gasteiger charge is -2.07. The number of amides is 1. The minimum absolute atomic E-state index is 0.132. The zero-order chi connectivity index (χ0) is 19.2. The lowest BCUT2D eigenvalue weighted by Crippen LogP contribution is -2.24. The van der Waals surface area contributed by atoms with E-state index in [9.17, 15) is 4.79 Å². The molecule has 9 heteroatoms. The minimum Gasteiger partial charge on any atom is -0.484 e. The summed E-state index contributed by atoms with van der Waals surface area (Å²) >= 11 is 17.8. The van der Waals surface area contributed by atoms with Crippen LogP contribution in [0.4, 0.5) is 0 Å². The highest BCUT2D eigenvalue weighted by Crippen LogP contribution is 2.32. The summed E-state index contributed by atoms with van der Waals surface area (Å²) in [5, 5.41) is 8.20. The first-order chi connectivity index (χ1) is 13.0. The van der Waals surface area contributed by atoms with Crippen LogP contribution in [0.25, 0.3) is 0 Å². The van der Waals surface area contributed by atoms with Crippen molar-refractivity contribution in [2.24, 2.45) is 0 Å². The summed E-state index contributed by atoms with van der Waals surface area (Å²) in [7, 11) is 0. The molecule has 3 aromatic rings. The van der Waals surface area contributed by atoms with Crippen LogP contribution in [0.15, 0.2) is 47.1 Å². The normalized spacial score (nSPS) is 10.8. The Morgan fingerprint density at radius 3 is 2.85 bits per heavy atom. The van der Waals surface area contributed by atoms with E-state index in [0.29, 0.717) is 46.1 Å². The number of benzene rings is 1. The number of carbonyl (C=O) groups excluding carboxylic acids is 1. The maximum absolute atomic E-state index is 12.1. The zero-order valence-corrected chi connectivity index (χ0v) is 16.4. The molecule has 0 bridgehead atoms. The van der Waals surface area contributed by atoms with Gasteiger partial charge >= 0.3 is 0 Å². The number of aromatic nitrogens is 2. The summed E-state index contributed by atoms with van der Waals surface area (Å²) in [5.74, 6) is 0.876. The molecule has 1 aromatic carbocycles. The van der Waals surface area contributed by atoms with Crippen molar-refractivity contribution in [1.29, 1.82) is 0 Å². The fraction of sp³-hybridized carbons (Fsp3) is 0.222. The van der Waals surface area contributed by atoms with E-state index in [2.05, 4.69) is 10.4 Å². The summed E-state index contributed by atoms with van der Waals surface area (Å²) in [5.41, 5.74) is 0. The lowest BCUT2D eigenvalue weighted by atomic mass is 10.3. The first-order valence-electron chi connectivity index (χ1n) is 8.14. The monoisotopic (exact) mass is 427 g/mol. The molecule has 142 valence electrons. The third-order valence-electron chi connectivity index (χ3n) is 3.62. The maximum Gasteiger partial charge on any atom is 0.286 e. The molecule has 6 nitrogen and oxygen atoms in total. The molecule has 27 heavy (non-hydrogen) atoms. The molecule has 0 saturated carbocycles. The number of hydrogen-bond acceptors (Lipinski definition) is 4. The second-order valence-electron chi connectivity index (χ2n) is 5.64. The van der Waals surface area contributed by atoms with E-state index in [4.69, 9.17) is 44.0 Å². The van der Waals surface area contributed by atoms with Gasteiger partial charge in [-0.25, -0.2) is 0 Å². The van der Waals surface area contributed by atoms with Gasteiger partial charge in [0.25, 0.3) is 5.91 Å². The Balaban J connectivity index is 1.45. The molecule has 0 aliphatic rings. The Labute approximate surface area is 171 Å². The largest absolute Gasteiger partial charge is 0.484 e. The van der Waals surface area contributed by atoms with Crippen LogP contribution in [0.5, 0.6) is 5.75 Å². The van der Waals surface area contributed by atoms with Crippen LogP contribution in [0.3, 0.4) is 0 Å². The first-order valence-corrected chi connectivity index (χ1v) is 9.28. The molecule has 0 atom stereocenters. The summed E-state index contributed by atoms with van der Waals surface area (Å²) in [6, 6.07) is 8.40. The fourth-order valence-corrected chi connectivity index (χ4v) is 2.82. The highest BCUT2D eigenvalue weighted by molar-refractivity contribution is 6.42. The lowest BCUT2D eigenvalue weighted by molar-refractivity contribution is 0.0921. The van der Waals surface area contributed by atoms with Crippen molar-refractivity contribution in [3.05, 3.63) is 69.3 Å². The predicted molar refractivity (Wildman–Crippen MR) is 104 cm³/mol. The van der Waals surface area contributed by atoms with Crippen LogP contribution in [-0.4, -0.2) is 22.2 Å². The second kappa shape index (κ2) is 9.17. The number of halogens is 3. The van der Waals surface area contributed by atoms with E-state index >= 15 is 0 Å². The van der Waals surface area contributed by atoms with Gasteiger partial charge in [-0.05, 0) is 30.7 Å². The van der Waals surface area contributed by atoms with Gasteiger partial charge in [-0.15, -0.1) is 0 Å². The van der Waals surface area contributed by atoms with Crippen molar-refractivity contribution in [2.45, 2.75) is 19.6 Å². The van der Waals surface area contributed by atoms with Gasteiger partial charge < -0.3 is 14.5 Å². The Bertz CT molecular complexity index is 923. The van der Waals surface area contributed by atoms with Crippen molar-refractivity contribution in [2.75, 3.05) is 6.54 Å². The zero-order valence-electron chi connectivity index (χ0n) is 14.1. The molecule has 0 spiro atoms. The third kappa shape index (κ3) is 5.42. The third-order valence-corrected chi connectivity index (χ3v) is 4.62. The quantitative estimate of drug-likeness (QED) is 0.521. The standard InChI is InChI=1S/C18H16Cl3N3O3/c19-12-9-23-24(10-12)8-2-7-22-18(25)16-6-5-13(27-16)11-26-15-4-1-3-14(20)17(15)21/h1,3-6,9-10H,2,7-8,11H2,(H,22,25). The van der Waals surface area contributed by atoms with Crippen LogP contribution in [-0.2, 0) is 13.2 Å². The van der Waals surface area contributed by atoms with Crippen LogP contribution in [0.1, 0.15) is 22.7 Å². The number of nitrogens with zero attached hydrogens (tertiary/aromatic N) is 2. The number of hydrogen-bond donors (Lipinski definition) is 1. The highest BCUT2D eigenvalue weighted by atomic mass is 35.5. The van der Waals surface area contributed by atoms with Gasteiger partial charge in [0.15, 0.2) is 5.76 Å². The molecule has 1 N–H and O–H groups in total. The molecule has 2 aromatic heterocycles. The molecular weight excluding hydrogens is 413 g/mol. The van der Waals surface area contributed by atoms with Crippen molar-refractivity contribution in [1.82, 2.24) is 15.1 Å². The summed E-state index contributed by atoms with van der Waals surface area (Å²) in [6.07, 6.45) is 4.02. The molecule has 0 unspecified atom stereocenters. The smallest absolute Gasteiger partial charge is 0.286 e. The molecule has 1 amide bonds. The van der Waals surface area contributed by atoms with Crippen LogP contribution < -0.4 is 10.1 Å². The van der Waals surface area contributed by atoms with Gasteiger partial charge in [-0.2, -0.15) is 5.10 Å². The summed E-state index contributed by atoms with van der Waals surface area (Å²) < 4.78 is 12.8. The van der Waals surface area contributed by atoms with Crippen molar-refractivity contribution >= 4 is 40.7 Å². The molecule has 0 aliphatic carbocycles. The maximum atomic E-state index is 12.1. The average Bonchev–Trinajstić information content (AvgIpc) is 3.29. The van der Waals surface area contributed by atoms with E-state index < -0.39 is 0 Å². The Kier molecular flexibility index (Phi) is 6.66. The number of aryl methyl sites for hydroxylation is 1. The summed E-state index contributed by atoms with van der Waals surface area (Å²) in [6.45, 7) is 1.28. The summed E-state index contributed by atoms with van der Waals surface area (Å²) in [4.78, 5) is 12.1. The SMILES string of the molecule is O=C(NCCCn1cc(Cl)cn1)c1ccc(COc2cccc(Cl)c2Cl)o1.